The second-order valence-electron chi connectivity index (χ2n) is 4.92. The third kappa shape index (κ3) is 5.15. The molecule has 0 unspecified atom stereocenters. The summed E-state index contributed by atoms with van der Waals surface area (Å²) in [7, 11) is 4.08. The number of anilines is 1. The van der Waals surface area contributed by atoms with Crippen molar-refractivity contribution in [1.82, 2.24) is 9.88 Å². The quantitative estimate of drug-likeness (QED) is 0.722. The summed E-state index contributed by atoms with van der Waals surface area (Å²) < 4.78 is 12.2. The highest BCUT2D eigenvalue weighted by atomic mass is 32.1. The maximum Gasteiger partial charge on any atom is 0.183 e. The average molecular weight is 309 g/mol. The number of rotatable bonds is 9. The lowest BCUT2D eigenvalue weighted by Gasteiger charge is -2.09. The van der Waals surface area contributed by atoms with Crippen LogP contribution >= 0.6 is 11.3 Å². The van der Waals surface area contributed by atoms with E-state index in [1.807, 2.05) is 39.2 Å². The first kappa shape index (κ1) is 16.0. The van der Waals surface area contributed by atoms with Crippen LogP contribution in [0.25, 0.3) is 10.2 Å². The molecule has 0 spiro atoms. The van der Waals surface area contributed by atoms with Gasteiger partial charge in [-0.1, -0.05) is 11.3 Å². The largest absolute Gasteiger partial charge is 0.494 e. The lowest BCUT2D eigenvalue weighted by molar-refractivity contribution is 0.126. The van der Waals surface area contributed by atoms with Crippen molar-refractivity contribution in [2.45, 2.75) is 6.92 Å². The lowest BCUT2D eigenvalue weighted by Crippen LogP contribution is -2.19. The molecule has 0 saturated heterocycles. The van der Waals surface area contributed by atoms with Gasteiger partial charge in [0, 0.05) is 13.1 Å². The smallest absolute Gasteiger partial charge is 0.183 e. The Labute approximate surface area is 129 Å². The Morgan fingerprint density at radius 3 is 2.90 bits per heavy atom. The lowest BCUT2D eigenvalue weighted by atomic mass is 10.3. The van der Waals surface area contributed by atoms with Crippen molar-refractivity contribution in [3.8, 4) is 5.75 Å². The molecule has 0 aliphatic rings. The first-order chi connectivity index (χ1) is 10.2. The topological polar surface area (TPSA) is 46.6 Å². The molecule has 0 radical (unpaired) electrons. The molecule has 0 aliphatic heterocycles. The van der Waals surface area contributed by atoms with Crippen molar-refractivity contribution in [2.24, 2.45) is 0 Å². The van der Waals surface area contributed by atoms with Gasteiger partial charge in [-0.25, -0.2) is 4.98 Å². The summed E-state index contributed by atoms with van der Waals surface area (Å²) in [5.74, 6) is 0.896. The highest BCUT2D eigenvalue weighted by Crippen LogP contribution is 2.29. The van der Waals surface area contributed by atoms with E-state index in [1.54, 1.807) is 11.3 Å². The Morgan fingerprint density at radius 1 is 1.29 bits per heavy atom. The second-order valence-corrected chi connectivity index (χ2v) is 5.95. The highest BCUT2D eigenvalue weighted by molar-refractivity contribution is 7.22. The van der Waals surface area contributed by atoms with Crippen molar-refractivity contribution in [3.05, 3.63) is 18.2 Å². The molecule has 6 heteroatoms. The van der Waals surface area contributed by atoms with Gasteiger partial charge < -0.3 is 19.7 Å². The Balaban J connectivity index is 1.80. The molecule has 0 saturated carbocycles. The molecule has 2 rings (SSSR count). The summed E-state index contributed by atoms with van der Waals surface area (Å²) >= 11 is 1.64. The van der Waals surface area contributed by atoms with Crippen molar-refractivity contribution >= 4 is 26.7 Å². The van der Waals surface area contributed by atoms with Gasteiger partial charge in [-0.05, 0) is 39.2 Å². The van der Waals surface area contributed by atoms with Gasteiger partial charge in [0.25, 0.3) is 0 Å². The number of hydrogen-bond acceptors (Lipinski definition) is 6. The zero-order chi connectivity index (χ0) is 15.1. The number of hydrogen-bond donors (Lipinski definition) is 1. The third-order valence-corrected chi connectivity index (χ3v) is 3.85. The summed E-state index contributed by atoms with van der Waals surface area (Å²) in [6.07, 6.45) is 0. The number of thiazole rings is 1. The Morgan fingerprint density at radius 2 is 2.14 bits per heavy atom. The standard InChI is InChI=1S/C15H23N3O2S/c1-4-20-12-5-6-13-14(11-12)21-15(17-13)16-7-9-19-10-8-18(2)3/h5-6,11H,4,7-10H2,1-3H3,(H,16,17). The van der Waals surface area contributed by atoms with Gasteiger partial charge >= 0.3 is 0 Å². The van der Waals surface area contributed by atoms with Gasteiger partial charge in [-0.3, -0.25) is 0 Å². The molecule has 1 N–H and O–H groups in total. The minimum absolute atomic E-state index is 0.680. The fraction of sp³-hybridized carbons (Fsp3) is 0.533. The predicted molar refractivity (Wildman–Crippen MR) is 88.7 cm³/mol. The Bertz CT molecular complexity index is 557. The van der Waals surface area contributed by atoms with Crippen LogP contribution < -0.4 is 10.1 Å². The van der Waals surface area contributed by atoms with E-state index in [9.17, 15) is 0 Å². The highest BCUT2D eigenvalue weighted by Gasteiger charge is 2.04. The average Bonchev–Trinajstić information content (AvgIpc) is 2.84. The number of likely N-dealkylation sites (N-methyl/N-ethyl adjacent to an activating group) is 1. The minimum atomic E-state index is 0.680. The van der Waals surface area contributed by atoms with Crippen LogP contribution in [0.15, 0.2) is 18.2 Å². The molecule has 0 fully saturated rings. The predicted octanol–water partition coefficient (Wildman–Crippen LogP) is 2.69. The Hall–Kier alpha value is -1.37. The van der Waals surface area contributed by atoms with Gasteiger partial charge in [0.15, 0.2) is 5.13 Å². The Kier molecular flexibility index (Phi) is 6.22. The van der Waals surface area contributed by atoms with E-state index >= 15 is 0 Å². The van der Waals surface area contributed by atoms with Crippen molar-refractivity contribution in [1.29, 1.82) is 0 Å². The molecule has 0 aliphatic carbocycles. The summed E-state index contributed by atoms with van der Waals surface area (Å²) in [6.45, 7) is 5.83. The zero-order valence-corrected chi connectivity index (χ0v) is 13.7. The molecule has 1 aromatic carbocycles. The molecule has 116 valence electrons. The van der Waals surface area contributed by atoms with Crippen LogP contribution in [0.5, 0.6) is 5.75 Å². The number of aromatic nitrogens is 1. The molecule has 0 atom stereocenters. The minimum Gasteiger partial charge on any atom is -0.494 e. The van der Waals surface area contributed by atoms with Gasteiger partial charge in [-0.2, -0.15) is 0 Å². The van der Waals surface area contributed by atoms with Crippen molar-refractivity contribution in [3.63, 3.8) is 0 Å². The molecule has 0 amide bonds. The van der Waals surface area contributed by atoms with Crippen LogP contribution in [0.2, 0.25) is 0 Å². The molecular formula is C15H23N3O2S. The number of benzene rings is 1. The number of fused-ring (bicyclic) bond motifs is 1. The third-order valence-electron chi connectivity index (χ3n) is 2.88. The number of ether oxygens (including phenoxy) is 2. The van der Waals surface area contributed by atoms with E-state index in [2.05, 4.69) is 15.2 Å². The van der Waals surface area contributed by atoms with Crippen molar-refractivity contribution < 1.29 is 9.47 Å². The van der Waals surface area contributed by atoms with Gasteiger partial charge in [0.1, 0.15) is 5.75 Å². The molecular weight excluding hydrogens is 286 g/mol. The normalized spacial score (nSPS) is 11.2. The van der Waals surface area contributed by atoms with Crippen LogP contribution in [0.4, 0.5) is 5.13 Å². The molecule has 5 nitrogen and oxygen atoms in total. The monoisotopic (exact) mass is 309 g/mol. The van der Waals surface area contributed by atoms with Crippen LogP contribution in [0.1, 0.15) is 6.92 Å². The molecule has 0 bridgehead atoms. The van der Waals surface area contributed by atoms with Crippen LogP contribution in [-0.4, -0.2) is 56.9 Å². The molecule has 21 heavy (non-hydrogen) atoms. The number of nitrogens with zero attached hydrogens (tertiary/aromatic N) is 2. The first-order valence-electron chi connectivity index (χ1n) is 7.18. The van der Waals surface area contributed by atoms with Gasteiger partial charge in [0.05, 0.1) is 30.0 Å². The van der Waals surface area contributed by atoms with Crippen LogP contribution in [0.3, 0.4) is 0 Å². The van der Waals surface area contributed by atoms with Gasteiger partial charge in [0.2, 0.25) is 0 Å². The summed E-state index contributed by atoms with van der Waals surface area (Å²) in [6, 6.07) is 5.99. The van der Waals surface area contributed by atoms with E-state index in [0.29, 0.717) is 13.2 Å². The summed E-state index contributed by atoms with van der Waals surface area (Å²) in [5, 5.41) is 4.23. The fourth-order valence-corrected chi connectivity index (χ4v) is 2.74. The maximum atomic E-state index is 5.54. The van der Waals surface area contributed by atoms with E-state index < -0.39 is 0 Å². The SMILES string of the molecule is CCOc1ccc2nc(NCCOCCN(C)C)sc2c1. The van der Waals surface area contributed by atoms with E-state index in [-0.39, 0.29) is 0 Å². The maximum absolute atomic E-state index is 5.54. The van der Waals surface area contributed by atoms with E-state index in [1.165, 1.54) is 0 Å². The van der Waals surface area contributed by atoms with E-state index in [0.717, 1.165) is 40.8 Å². The van der Waals surface area contributed by atoms with Gasteiger partial charge in [-0.15, -0.1) is 0 Å². The molecule has 1 aromatic heterocycles. The number of nitrogens with one attached hydrogen (secondary N) is 1. The summed E-state index contributed by atoms with van der Waals surface area (Å²) in [5.41, 5.74) is 1.000. The van der Waals surface area contributed by atoms with Crippen molar-refractivity contribution in [2.75, 3.05) is 52.3 Å². The second kappa shape index (κ2) is 8.17. The molecule has 1 heterocycles. The van der Waals surface area contributed by atoms with Crippen LogP contribution in [-0.2, 0) is 4.74 Å². The molecule has 2 aromatic rings. The summed E-state index contributed by atoms with van der Waals surface area (Å²) in [4.78, 5) is 6.66. The van der Waals surface area contributed by atoms with Crippen LogP contribution in [0, 0.1) is 0 Å². The zero-order valence-electron chi connectivity index (χ0n) is 12.9. The first-order valence-corrected chi connectivity index (χ1v) is 8.00. The fourth-order valence-electron chi connectivity index (χ4n) is 1.82. The van der Waals surface area contributed by atoms with E-state index in [4.69, 9.17) is 9.47 Å².